The van der Waals surface area contributed by atoms with E-state index in [0.29, 0.717) is 0 Å². The molecule has 0 aliphatic rings. The van der Waals surface area contributed by atoms with Crippen molar-refractivity contribution in [2.75, 3.05) is 6.61 Å². The standard InChI is InChI=1S/C11H13BrO/c1-2-9-8-11(12)6-5-10(9)4-3-7-13/h3-6,8,13H,2,7H2,1H3. The molecule has 2 heteroatoms. The van der Waals surface area contributed by atoms with E-state index in [1.807, 2.05) is 12.1 Å². The van der Waals surface area contributed by atoms with Gasteiger partial charge in [0.2, 0.25) is 0 Å². The van der Waals surface area contributed by atoms with Crippen LogP contribution in [0.15, 0.2) is 28.7 Å². The molecule has 13 heavy (non-hydrogen) atoms. The van der Waals surface area contributed by atoms with Gasteiger partial charge in [-0.25, -0.2) is 0 Å². The fourth-order valence-corrected chi connectivity index (χ4v) is 1.63. The molecule has 0 spiro atoms. The number of aryl methyl sites for hydroxylation is 1. The van der Waals surface area contributed by atoms with Gasteiger partial charge in [-0.05, 0) is 29.7 Å². The number of benzene rings is 1. The van der Waals surface area contributed by atoms with Crippen molar-refractivity contribution in [3.63, 3.8) is 0 Å². The highest BCUT2D eigenvalue weighted by Crippen LogP contribution is 2.18. The van der Waals surface area contributed by atoms with Crippen LogP contribution in [0.1, 0.15) is 18.1 Å². The third-order valence-electron chi connectivity index (χ3n) is 1.89. The number of hydrogen-bond acceptors (Lipinski definition) is 1. The van der Waals surface area contributed by atoms with Gasteiger partial charge in [-0.2, -0.15) is 0 Å². The molecule has 0 aliphatic carbocycles. The first-order chi connectivity index (χ1) is 6.27. The Labute approximate surface area is 87.2 Å². The topological polar surface area (TPSA) is 20.2 Å². The van der Waals surface area contributed by atoms with Gasteiger partial charge in [-0.3, -0.25) is 0 Å². The fraction of sp³-hybridized carbons (Fsp3) is 0.273. The summed E-state index contributed by atoms with van der Waals surface area (Å²) >= 11 is 3.43. The maximum atomic E-state index is 8.65. The lowest BCUT2D eigenvalue weighted by atomic mass is 10.1. The Morgan fingerprint density at radius 3 is 2.85 bits per heavy atom. The summed E-state index contributed by atoms with van der Waals surface area (Å²) in [5, 5.41) is 8.65. The third-order valence-corrected chi connectivity index (χ3v) is 2.38. The van der Waals surface area contributed by atoms with Gasteiger partial charge in [0.05, 0.1) is 6.61 Å². The highest BCUT2D eigenvalue weighted by Gasteiger charge is 1.97. The van der Waals surface area contributed by atoms with Gasteiger partial charge in [-0.15, -0.1) is 0 Å². The zero-order valence-electron chi connectivity index (χ0n) is 7.63. The second-order valence-corrected chi connectivity index (χ2v) is 3.70. The van der Waals surface area contributed by atoms with E-state index in [-0.39, 0.29) is 6.61 Å². The van der Waals surface area contributed by atoms with Crippen LogP contribution >= 0.6 is 15.9 Å². The molecule has 0 saturated heterocycles. The molecule has 1 nitrogen and oxygen atoms in total. The van der Waals surface area contributed by atoms with Crippen molar-refractivity contribution in [1.29, 1.82) is 0 Å². The van der Waals surface area contributed by atoms with Crippen LogP contribution in [0.3, 0.4) is 0 Å². The minimum atomic E-state index is 0.0964. The minimum absolute atomic E-state index is 0.0964. The predicted molar refractivity (Wildman–Crippen MR) is 59.6 cm³/mol. The van der Waals surface area contributed by atoms with Crippen LogP contribution in [-0.2, 0) is 6.42 Å². The Kier molecular flexibility index (Phi) is 4.19. The molecule has 1 aromatic rings. The van der Waals surface area contributed by atoms with Crippen molar-refractivity contribution in [2.45, 2.75) is 13.3 Å². The maximum absolute atomic E-state index is 8.65. The van der Waals surface area contributed by atoms with E-state index >= 15 is 0 Å². The van der Waals surface area contributed by atoms with Crippen LogP contribution in [0.2, 0.25) is 0 Å². The van der Waals surface area contributed by atoms with Gasteiger partial charge < -0.3 is 5.11 Å². The Morgan fingerprint density at radius 1 is 1.46 bits per heavy atom. The van der Waals surface area contributed by atoms with E-state index in [1.54, 1.807) is 6.08 Å². The Morgan fingerprint density at radius 2 is 2.23 bits per heavy atom. The monoisotopic (exact) mass is 240 g/mol. The number of rotatable bonds is 3. The number of hydrogen-bond donors (Lipinski definition) is 1. The van der Waals surface area contributed by atoms with Crippen molar-refractivity contribution < 1.29 is 5.11 Å². The molecule has 1 rings (SSSR count). The number of halogens is 1. The first-order valence-electron chi connectivity index (χ1n) is 4.33. The fourth-order valence-electron chi connectivity index (χ4n) is 1.22. The molecule has 0 unspecified atom stereocenters. The highest BCUT2D eigenvalue weighted by atomic mass is 79.9. The summed E-state index contributed by atoms with van der Waals surface area (Å²) in [6, 6.07) is 6.17. The third kappa shape index (κ3) is 2.98. The summed E-state index contributed by atoms with van der Waals surface area (Å²) in [6.07, 6.45) is 4.71. The lowest BCUT2D eigenvalue weighted by Gasteiger charge is -2.03. The Balaban J connectivity index is 2.99. The Hall–Kier alpha value is -0.600. The molecule has 70 valence electrons. The molecule has 1 N–H and O–H groups in total. The van der Waals surface area contributed by atoms with Gasteiger partial charge >= 0.3 is 0 Å². The molecular weight excluding hydrogens is 228 g/mol. The molecule has 1 aromatic carbocycles. The lowest BCUT2D eigenvalue weighted by Crippen LogP contribution is -1.86. The SMILES string of the molecule is CCc1cc(Br)ccc1C=CCO. The molecule has 0 fully saturated rings. The van der Waals surface area contributed by atoms with Crippen LogP contribution in [0, 0.1) is 0 Å². The molecule has 0 saturated carbocycles. The summed E-state index contributed by atoms with van der Waals surface area (Å²) in [7, 11) is 0. The van der Waals surface area contributed by atoms with E-state index in [0.717, 1.165) is 10.9 Å². The lowest BCUT2D eigenvalue weighted by molar-refractivity contribution is 0.343. The van der Waals surface area contributed by atoms with Crippen LogP contribution in [0.25, 0.3) is 6.08 Å². The van der Waals surface area contributed by atoms with Gasteiger partial charge in [0.1, 0.15) is 0 Å². The molecule has 0 bridgehead atoms. The zero-order chi connectivity index (χ0) is 9.68. The molecule has 0 atom stereocenters. The second kappa shape index (κ2) is 5.20. The summed E-state index contributed by atoms with van der Waals surface area (Å²) in [5.74, 6) is 0. The number of aliphatic hydroxyl groups is 1. The average molecular weight is 241 g/mol. The number of aliphatic hydroxyl groups excluding tert-OH is 1. The van der Waals surface area contributed by atoms with Crippen LogP contribution in [0.5, 0.6) is 0 Å². The summed E-state index contributed by atoms with van der Waals surface area (Å²) in [6.45, 7) is 2.22. The first kappa shape index (κ1) is 10.5. The van der Waals surface area contributed by atoms with Crippen molar-refractivity contribution in [3.05, 3.63) is 39.9 Å². The van der Waals surface area contributed by atoms with E-state index in [2.05, 4.69) is 35.0 Å². The summed E-state index contributed by atoms with van der Waals surface area (Å²) in [5.41, 5.74) is 2.47. The quantitative estimate of drug-likeness (QED) is 0.862. The average Bonchev–Trinajstić information content (AvgIpc) is 2.16. The van der Waals surface area contributed by atoms with Crippen LogP contribution in [-0.4, -0.2) is 11.7 Å². The molecule has 0 aliphatic heterocycles. The largest absolute Gasteiger partial charge is 0.392 e. The smallest absolute Gasteiger partial charge is 0.0615 e. The second-order valence-electron chi connectivity index (χ2n) is 2.78. The van der Waals surface area contributed by atoms with Gasteiger partial charge in [0.15, 0.2) is 0 Å². The van der Waals surface area contributed by atoms with E-state index in [4.69, 9.17) is 5.11 Å². The molecule has 0 heterocycles. The van der Waals surface area contributed by atoms with E-state index < -0.39 is 0 Å². The molecular formula is C11H13BrO. The highest BCUT2D eigenvalue weighted by molar-refractivity contribution is 9.10. The minimum Gasteiger partial charge on any atom is -0.392 e. The maximum Gasteiger partial charge on any atom is 0.0615 e. The zero-order valence-corrected chi connectivity index (χ0v) is 9.21. The van der Waals surface area contributed by atoms with Crippen molar-refractivity contribution in [1.82, 2.24) is 0 Å². The van der Waals surface area contributed by atoms with Crippen LogP contribution in [0.4, 0.5) is 0 Å². The Bertz CT molecular complexity index is 305. The molecule has 0 radical (unpaired) electrons. The summed E-state index contributed by atoms with van der Waals surface area (Å²) in [4.78, 5) is 0. The summed E-state index contributed by atoms with van der Waals surface area (Å²) < 4.78 is 1.10. The van der Waals surface area contributed by atoms with E-state index in [9.17, 15) is 0 Å². The van der Waals surface area contributed by atoms with Crippen molar-refractivity contribution in [2.24, 2.45) is 0 Å². The van der Waals surface area contributed by atoms with E-state index in [1.165, 1.54) is 11.1 Å². The van der Waals surface area contributed by atoms with Gasteiger partial charge in [0.25, 0.3) is 0 Å². The van der Waals surface area contributed by atoms with Crippen molar-refractivity contribution >= 4 is 22.0 Å². The van der Waals surface area contributed by atoms with Crippen molar-refractivity contribution in [3.8, 4) is 0 Å². The normalized spacial score (nSPS) is 11.0. The van der Waals surface area contributed by atoms with Gasteiger partial charge in [-0.1, -0.05) is 41.1 Å². The van der Waals surface area contributed by atoms with Crippen LogP contribution < -0.4 is 0 Å². The molecule has 0 amide bonds. The predicted octanol–water partition coefficient (Wildman–Crippen LogP) is 3.02. The molecule has 0 aromatic heterocycles. The first-order valence-corrected chi connectivity index (χ1v) is 5.13. The van der Waals surface area contributed by atoms with Gasteiger partial charge in [0, 0.05) is 4.47 Å².